The molecule has 0 saturated carbocycles. The number of aromatic nitrogens is 1. The molecular weight excluding hydrogens is 460 g/mol. The van der Waals surface area contributed by atoms with Gasteiger partial charge in [-0.05, 0) is 52.3 Å². The Labute approximate surface area is 177 Å². The van der Waals surface area contributed by atoms with Crippen LogP contribution in [0.1, 0.15) is 0 Å². The Bertz CT molecular complexity index is 1030. The molecule has 0 radical (unpaired) electrons. The second kappa shape index (κ2) is 8.10. The van der Waals surface area contributed by atoms with Gasteiger partial charge in [-0.15, -0.1) is 11.3 Å². The van der Waals surface area contributed by atoms with Crippen LogP contribution in [-0.2, 0) is 10.0 Å². The van der Waals surface area contributed by atoms with Gasteiger partial charge in [0.2, 0.25) is 0 Å². The monoisotopic (exact) mass is 478 g/mol. The summed E-state index contributed by atoms with van der Waals surface area (Å²) in [6.07, 6.45) is 1.57. The van der Waals surface area contributed by atoms with Crippen molar-refractivity contribution in [3.8, 4) is 0 Å². The molecule has 0 aliphatic carbocycles. The zero-order chi connectivity index (χ0) is 19.6. The molecule has 0 spiro atoms. The quantitative estimate of drug-likeness (QED) is 0.599. The second-order valence-electron chi connectivity index (χ2n) is 6.38. The molecule has 1 aliphatic rings. The molecule has 1 aliphatic heterocycles. The van der Waals surface area contributed by atoms with E-state index in [1.807, 2.05) is 12.1 Å². The molecule has 3 aromatic rings. The first-order chi connectivity index (χ1) is 13.5. The highest BCUT2D eigenvalue weighted by Gasteiger charge is 2.19. The van der Waals surface area contributed by atoms with E-state index in [1.54, 1.807) is 24.4 Å². The van der Waals surface area contributed by atoms with Gasteiger partial charge in [0, 0.05) is 31.9 Å². The minimum absolute atomic E-state index is 0.264. The zero-order valence-corrected chi connectivity index (χ0v) is 18.2. The number of thiophene rings is 1. The fourth-order valence-corrected chi connectivity index (χ4v) is 6.17. The average Bonchev–Trinajstić information content (AvgIpc) is 3.17. The molecule has 4 rings (SSSR count). The predicted octanol–water partition coefficient (Wildman–Crippen LogP) is 4.03. The predicted molar refractivity (Wildman–Crippen MR) is 118 cm³/mol. The molecule has 1 aromatic carbocycles. The van der Waals surface area contributed by atoms with E-state index in [2.05, 4.69) is 59.7 Å². The van der Waals surface area contributed by atoms with E-state index in [1.165, 1.54) is 17.0 Å². The van der Waals surface area contributed by atoms with Gasteiger partial charge in [-0.25, -0.2) is 13.4 Å². The summed E-state index contributed by atoms with van der Waals surface area (Å²) in [5.74, 6) is 0.856. The van der Waals surface area contributed by atoms with Crippen LogP contribution in [-0.4, -0.2) is 39.6 Å². The Morgan fingerprint density at radius 3 is 2.25 bits per heavy atom. The summed E-state index contributed by atoms with van der Waals surface area (Å²) in [7, 11) is -3.59. The fourth-order valence-electron chi connectivity index (χ4n) is 3.11. The van der Waals surface area contributed by atoms with Crippen molar-refractivity contribution in [2.75, 3.05) is 40.7 Å². The van der Waals surface area contributed by atoms with Crippen molar-refractivity contribution in [2.45, 2.75) is 4.21 Å². The SMILES string of the molecule is O=S(=O)(Nc1ccc(N2CCN(c3ccccc3)CC2)nc1)c1ccc(Br)s1. The largest absolute Gasteiger partial charge is 0.368 e. The third-order valence-corrected chi connectivity index (χ3v) is 8.04. The van der Waals surface area contributed by atoms with E-state index in [0.717, 1.165) is 35.8 Å². The van der Waals surface area contributed by atoms with Crippen LogP contribution < -0.4 is 14.5 Å². The number of nitrogens with zero attached hydrogens (tertiary/aromatic N) is 3. The first-order valence-corrected chi connectivity index (χ1v) is 11.9. The molecular formula is C19H19BrN4O2S2. The van der Waals surface area contributed by atoms with Crippen LogP contribution in [0.5, 0.6) is 0 Å². The summed E-state index contributed by atoms with van der Waals surface area (Å²) < 4.78 is 28.4. The van der Waals surface area contributed by atoms with Gasteiger partial charge in [0.15, 0.2) is 0 Å². The average molecular weight is 479 g/mol. The molecule has 146 valence electrons. The number of piperazine rings is 1. The maximum atomic E-state index is 12.4. The highest BCUT2D eigenvalue weighted by atomic mass is 79.9. The van der Waals surface area contributed by atoms with E-state index < -0.39 is 10.0 Å². The molecule has 0 unspecified atom stereocenters. The lowest BCUT2D eigenvalue weighted by Crippen LogP contribution is -2.46. The third-order valence-electron chi connectivity index (χ3n) is 4.54. The lowest BCUT2D eigenvalue weighted by Gasteiger charge is -2.36. The van der Waals surface area contributed by atoms with Crippen LogP contribution in [0.15, 0.2) is 68.8 Å². The maximum absolute atomic E-state index is 12.4. The van der Waals surface area contributed by atoms with Crippen molar-refractivity contribution < 1.29 is 8.42 Å². The minimum Gasteiger partial charge on any atom is -0.368 e. The van der Waals surface area contributed by atoms with Crippen LogP contribution in [0.3, 0.4) is 0 Å². The molecule has 0 bridgehead atoms. The van der Waals surface area contributed by atoms with Crippen molar-refractivity contribution in [2.24, 2.45) is 0 Å². The number of hydrogen-bond donors (Lipinski definition) is 1. The van der Waals surface area contributed by atoms with Crippen molar-refractivity contribution in [3.05, 3.63) is 64.6 Å². The van der Waals surface area contributed by atoms with Gasteiger partial charge in [0.25, 0.3) is 10.0 Å². The van der Waals surface area contributed by atoms with Crippen LogP contribution >= 0.6 is 27.3 Å². The number of hydrogen-bond acceptors (Lipinski definition) is 6. The number of pyridine rings is 1. The molecule has 3 heterocycles. The van der Waals surface area contributed by atoms with Crippen molar-refractivity contribution in [1.82, 2.24) is 4.98 Å². The van der Waals surface area contributed by atoms with E-state index in [-0.39, 0.29) is 4.21 Å². The smallest absolute Gasteiger partial charge is 0.271 e. The molecule has 0 atom stereocenters. The Morgan fingerprint density at radius 1 is 0.929 bits per heavy atom. The Morgan fingerprint density at radius 2 is 1.64 bits per heavy atom. The Kier molecular flexibility index (Phi) is 5.56. The summed E-state index contributed by atoms with van der Waals surface area (Å²) in [5.41, 5.74) is 1.69. The maximum Gasteiger partial charge on any atom is 0.271 e. The van der Waals surface area contributed by atoms with Gasteiger partial charge in [-0.1, -0.05) is 18.2 Å². The van der Waals surface area contributed by atoms with Crippen LogP contribution in [0, 0.1) is 0 Å². The molecule has 0 amide bonds. The van der Waals surface area contributed by atoms with Crippen molar-refractivity contribution in [1.29, 1.82) is 0 Å². The van der Waals surface area contributed by atoms with Gasteiger partial charge >= 0.3 is 0 Å². The number of rotatable bonds is 5. The van der Waals surface area contributed by atoms with E-state index in [4.69, 9.17) is 0 Å². The molecule has 6 nitrogen and oxygen atoms in total. The second-order valence-corrected chi connectivity index (χ2v) is 10.8. The standard InChI is InChI=1S/C19H19BrN4O2S2/c20-17-7-9-19(27-17)28(25,26)22-15-6-8-18(21-14-15)24-12-10-23(11-13-24)16-4-2-1-3-5-16/h1-9,14,22H,10-13H2. The lowest BCUT2D eigenvalue weighted by molar-refractivity contribution is 0.603. The molecule has 1 saturated heterocycles. The number of halogens is 1. The van der Waals surface area contributed by atoms with Crippen molar-refractivity contribution in [3.63, 3.8) is 0 Å². The lowest BCUT2D eigenvalue weighted by atomic mass is 10.2. The molecule has 28 heavy (non-hydrogen) atoms. The van der Waals surface area contributed by atoms with E-state index in [0.29, 0.717) is 5.69 Å². The summed E-state index contributed by atoms with van der Waals surface area (Å²) >= 11 is 4.46. The van der Waals surface area contributed by atoms with Gasteiger partial charge in [-0.2, -0.15) is 0 Å². The molecule has 1 fully saturated rings. The van der Waals surface area contributed by atoms with Crippen molar-refractivity contribution >= 4 is 54.5 Å². The molecule has 2 aromatic heterocycles. The summed E-state index contributed by atoms with van der Waals surface area (Å²) in [6.45, 7) is 3.59. The zero-order valence-electron chi connectivity index (χ0n) is 15.0. The first-order valence-electron chi connectivity index (χ1n) is 8.80. The van der Waals surface area contributed by atoms with Gasteiger partial charge in [-0.3, -0.25) is 4.72 Å². The molecule has 9 heteroatoms. The van der Waals surface area contributed by atoms with E-state index >= 15 is 0 Å². The normalized spacial score (nSPS) is 14.9. The number of nitrogens with one attached hydrogen (secondary N) is 1. The number of sulfonamides is 1. The highest BCUT2D eigenvalue weighted by Crippen LogP contribution is 2.28. The minimum atomic E-state index is -3.59. The highest BCUT2D eigenvalue weighted by molar-refractivity contribution is 9.11. The summed E-state index contributed by atoms with van der Waals surface area (Å²) in [5, 5.41) is 0. The Balaban J connectivity index is 1.39. The summed E-state index contributed by atoms with van der Waals surface area (Å²) in [4.78, 5) is 9.03. The fraction of sp³-hybridized carbons (Fsp3) is 0.211. The van der Waals surface area contributed by atoms with Gasteiger partial charge in [0.05, 0.1) is 15.7 Å². The topological polar surface area (TPSA) is 65.5 Å². The Hall–Kier alpha value is -2.10. The van der Waals surface area contributed by atoms with Gasteiger partial charge in [0.1, 0.15) is 10.0 Å². The number of para-hydroxylation sites is 1. The first kappa shape index (κ1) is 19.2. The molecule has 1 N–H and O–H groups in total. The number of benzene rings is 1. The number of anilines is 3. The summed E-state index contributed by atoms with van der Waals surface area (Å²) in [6, 6.07) is 17.3. The van der Waals surface area contributed by atoms with Crippen LogP contribution in [0.4, 0.5) is 17.2 Å². The van der Waals surface area contributed by atoms with Crippen LogP contribution in [0.2, 0.25) is 0 Å². The van der Waals surface area contributed by atoms with Crippen LogP contribution in [0.25, 0.3) is 0 Å². The van der Waals surface area contributed by atoms with E-state index in [9.17, 15) is 8.42 Å². The third kappa shape index (κ3) is 4.31. The van der Waals surface area contributed by atoms with Gasteiger partial charge < -0.3 is 9.80 Å².